The molecule has 0 unspecified atom stereocenters. The van der Waals surface area contributed by atoms with Crippen molar-refractivity contribution >= 4 is 29.4 Å². The fourth-order valence-corrected chi connectivity index (χ4v) is 7.80. The fraction of sp³-hybridized carbons (Fsp3) is 0.857. The molecule has 4 aliphatic rings. The maximum absolute atomic E-state index is 14.2. The topological polar surface area (TPSA) is 167 Å². The summed E-state index contributed by atoms with van der Waals surface area (Å²) in [4.78, 5) is 69.2. The minimum atomic E-state index is -1.70. The summed E-state index contributed by atoms with van der Waals surface area (Å²) in [7, 11) is 3.72. The van der Waals surface area contributed by atoms with Gasteiger partial charge in [0.05, 0.1) is 23.9 Å². The number of nitrogens with zero attached hydrogens (tertiary/aromatic N) is 1. The summed E-state index contributed by atoms with van der Waals surface area (Å²) in [5.41, 5.74) is -3.09. The van der Waals surface area contributed by atoms with Crippen LogP contribution in [-0.2, 0) is 47.7 Å². The second-order valence-corrected chi connectivity index (χ2v) is 14.9. The number of aliphatic hydroxyl groups is 1. The maximum Gasteiger partial charge on any atom is 0.316 e. The normalized spacial score (nSPS) is 42.5. The van der Waals surface area contributed by atoms with Gasteiger partial charge in [0, 0.05) is 37.1 Å². The van der Waals surface area contributed by atoms with Crippen LogP contribution in [0.15, 0.2) is 0 Å². The van der Waals surface area contributed by atoms with Crippen molar-refractivity contribution in [2.24, 2.45) is 23.7 Å². The Hall–Kier alpha value is -2.45. The highest BCUT2D eigenvalue weighted by Gasteiger charge is 2.52. The van der Waals surface area contributed by atoms with Crippen molar-refractivity contribution in [1.82, 2.24) is 10.2 Å². The second kappa shape index (κ2) is 16.1. The van der Waals surface area contributed by atoms with Crippen molar-refractivity contribution in [2.45, 2.75) is 148 Å². The molecule has 0 saturated carbocycles. The summed E-state index contributed by atoms with van der Waals surface area (Å²) < 4.78 is 31.0. The van der Waals surface area contributed by atoms with Crippen molar-refractivity contribution in [1.29, 1.82) is 0 Å². The van der Waals surface area contributed by atoms with E-state index in [4.69, 9.17) is 23.7 Å². The van der Waals surface area contributed by atoms with Crippen molar-refractivity contribution in [3.63, 3.8) is 0 Å². The molecule has 0 aromatic rings. The third-order valence-corrected chi connectivity index (χ3v) is 10.6. The van der Waals surface area contributed by atoms with Gasteiger partial charge in [-0.3, -0.25) is 24.0 Å². The molecule has 13 nitrogen and oxygen atoms in total. The molecular formula is C35H58N2O11. The number of hydrogen-bond donors (Lipinski definition) is 2. The van der Waals surface area contributed by atoms with E-state index >= 15 is 0 Å². The van der Waals surface area contributed by atoms with E-state index in [1.807, 2.05) is 25.9 Å². The number of likely N-dealkylation sites (N-methyl/N-ethyl adjacent to an activating group) is 1. The van der Waals surface area contributed by atoms with Crippen LogP contribution in [0.4, 0.5) is 0 Å². The number of nitrogens with one attached hydrogen (secondary N) is 1. The number of esters is 2. The molecule has 0 radical (unpaired) electrons. The summed E-state index contributed by atoms with van der Waals surface area (Å²) in [5, 5.41) is 15.0. The van der Waals surface area contributed by atoms with E-state index in [9.17, 15) is 29.1 Å². The number of amides is 1. The number of ether oxygens (including phenoxy) is 5. The van der Waals surface area contributed by atoms with Gasteiger partial charge in [-0.25, -0.2) is 0 Å². The third kappa shape index (κ3) is 9.01. The molecule has 0 aromatic heterocycles. The second-order valence-electron chi connectivity index (χ2n) is 14.9. The Morgan fingerprint density at radius 1 is 1.06 bits per heavy atom. The van der Waals surface area contributed by atoms with Crippen LogP contribution in [0, 0.1) is 23.7 Å². The van der Waals surface area contributed by atoms with Gasteiger partial charge in [-0.05, 0) is 74.4 Å². The summed E-state index contributed by atoms with van der Waals surface area (Å²) in [6.45, 7) is 14.4. The fourth-order valence-electron chi connectivity index (χ4n) is 7.80. The highest BCUT2D eigenvalue weighted by atomic mass is 16.7. The van der Waals surface area contributed by atoms with Gasteiger partial charge in [0.2, 0.25) is 5.91 Å². The third-order valence-electron chi connectivity index (χ3n) is 10.6. The van der Waals surface area contributed by atoms with Gasteiger partial charge < -0.3 is 39.0 Å². The van der Waals surface area contributed by atoms with Gasteiger partial charge in [-0.15, -0.1) is 0 Å². The molecule has 4 heterocycles. The highest BCUT2D eigenvalue weighted by Crippen LogP contribution is 2.39. The molecule has 2 bridgehead atoms. The average molecular weight is 683 g/mol. The molecule has 4 rings (SSSR count). The molecule has 4 fully saturated rings. The number of carbonyl (C=O) groups excluding carboxylic acids is 5. The molecule has 2 N–H and O–H groups in total. The summed E-state index contributed by atoms with van der Waals surface area (Å²) in [6.07, 6.45) is -3.55. The number of rotatable bonds is 5. The molecule has 13 atom stereocenters. The minimum Gasteiger partial charge on any atom is -0.459 e. The zero-order chi connectivity index (χ0) is 36.3. The minimum absolute atomic E-state index is 0.00679. The Morgan fingerprint density at radius 2 is 1.71 bits per heavy atom. The Morgan fingerprint density at radius 3 is 2.29 bits per heavy atom. The monoisotopic (exact) mass is 682 g/mol. The van der Waals surface area contributed by atoms with Gasteiger partial charge >= 0.3 is 11.9 Å². The van der Waals surface area contributed by atoms with Crippen LogP contribution in [0.5, 0.6) is 0 Å². The van der Waals surface area contributed by atoms with Gasteiger partial charge in [-0.1, -0.05) is 20.8 Å². The van der Waals surface area contributed by atoms with E-state index < -0.39 is 83.2 Å². The number of carbonyl (C=O) groups is 5. The molecule has 48 heavy (non-hydrogen) atoms. The summed E-state index contributed by atoms with van der Waals surface area (Å²) in [6, 6.07) is -0.825. The average Bonchev–Trinajstić information content (AvgIpc) is 2.99. The van der Waals surface area contributed by atoms with Gasteiger partial charge in [0.25, 0.3) is 0 Å². The number of fused-ring (bicyclic) bond motifs is 15. The van der Waals surface area contributed by atoms with E-state index in [0.29, 0.717) is 6.42 Å². The van der Waals surface area contributed by atoms with Crippen LogP contribution in [0.1, 0.15) is 94.4 Å². The van der Waals surface area contributed by atoms with E-state index in [2.05, 4.69) is 5.32 Å². The molecule has 13 heteroatoms. The Labute approximate surface area is 285 Å². The Balaban J connectivity index is 2.23. The molecule has 0 spiro atoms. The number of Topliss-reactive ketones (excluding diaryl/α,β-unsaturated/α-hetero) is 2. The lowest BCUT2D eigenvalue weighted by Crippen LogP contribution is -2.61. The van der Waals surface area contributed by atoms with Gasteiger partial charge in [0.15, 0.2) is 24.0 Å². The molecule has 0 aliphatic carbocycles. The van der Waals surface area contributed by atoms with Crippen LogP contribution in [0.25, 0.3) is 0 Å². The molecule has 0 aromatic carbocycles. The van der Waals surface area contributed by atoms with Crippen LogP contribution < -0.4 is 5.32 Å². The molecule has 4 saturated heterocycles. The van der Waals surface area contributed by atoms with Gasteiger partial charge in [-0.2, -0.15) is 0 Å². The first kappa shape index (κ1) is 40.0. The standard InChI is InChI=1S/C35H58N2O11/c1-12-27-35(9,43)25-14-13-24(39)17-44-34(8,16-18(2)36-31(41)20(25)4)30(21(5)28(40)22(6)32(42)47-27)48-33-29(46-23(7)38)26(37(10)11)15-19(3)45-33/h18-22,25-27,29-30,33,43H,12-17H2,1-11H3,(H,36,41)/t18-,19-,20-,21+,22-,25-,26+,27-,29-,30-,33+,34-,35+/m1/s1. The van der Waals surface area contributed by atoms with E-state index in [1.54, 1.807) is 34.6 Å². The Kier molecular flexibility index (Phi) is 13.4. The predicted molar refractivity (Wildman–Crippen MR) is 174 cm³/mol. The lowest BCUT2D eigenvalue weighted by molar-refractivity contribution is -0.299. The number of hydrogen-bond acceptors (Lipinski definition) is 12. The lowest BCUT2D eigenvalue weighted by atomic mass is 9.72. The van der Waals surface area contributed by atoms with E-state index in [-0.39, 0.29) is 56.1 Å². The maximum atomic E-state index is 14.2. The predicted octanol–water partition coefficient (Wildman–Crippen LogP) is 2.58. The SMILES string of the molecule is CC[C@H]1OC(=O)[C@H](C)C(=O)[C@H](C)[C@@H](O[C@@H]2O[C@H](C)C[C@H](N(C)C)[C@H]2OC(C)=O)[C@@]2(C)C[C@@H](C)NC(=O)[C@H](C)[C@@H](CCC(=O)CO2)[C@]1(C)O. The first-order chi connectivity index (χ1) is 22.2. The molecule has 1 amide bonds. The number of ketones is 2. The lowest BCUT2D eigenvalue weighted by Gasteiger charge is -2.47. The quantitative estimate of drug-likeness (QED) is 0.322. The zero-order valence-electron chi connectivity index (χ0n) is 30.6. The first-order valence-electron chi connectivity index (χ1n) is 17.3. The van der Waals surface area contributed by atoms with Crippen molar-refractivity contribution < 1.29 is 52.8 Å². The van der Waals surface area contributed by atoms with E-state index in [1.165, 1.54) is 20.8 Å². The van der Waals surface area contributed by atoms with Gasteiger partial charge in [0.1, 0.15) is 24.2 Å². The van der Waals surface area contributed by atoms with Crippen molar-refractivity contribution in [2.75, 3.05) is 20.7 Å². The summed E-state index contributed by atoms with van der Waals surface area (Å²) in [5.74, 6) is -6.27. The molecular weight excluding hydrogens is 624 g/mol. The first-order valence-corrected chi connectivity index (χ1v) is 17.3. The largest absolute Gasteiger partial charge is 0.459 e. The zero-order valence-corrected chi connectivity index (χ0v) is 30.6. The van der Waals surface area contributed by atoms with Crippen LogP contribution >= 0.6 is 0 Å². The summed E-state index contributed by atoms with van der Waals surface area (Å²) >= 11 is 0. The highest BCUT2D eigenvalue weighted by molar-refractivity contribution is 6.00. The Bertz CT molecular complexity index is 1190. The van der Waals surface area contributed by atoms with Crippen molar-refractivity contribution in [3.8, 4) is 0 Å². The van der Waals surface area contributed by atoms with Crippen LogP contribution in [0.2, 0.25) is 0 Å². The van der Waals surface area contributed by atoms with E-state index in [0.717, 1.165) is 0 Å². The molecule has 4 aliphatic heterocycles. The van der Waals surface area contributed by atoms with Crippen LogP contribution in [0.3, 0.4) is 0 Å². The van der Waals surface area contributed by atoms with Crippen LogP contribution in [-0.4, -0.2) is 114 Å². The van der Waals surface area contributed by atoms with Crippen molar-refractivity contribution in [3.05, 3.63) is 0 Å². The molecule has 274 valence electrons. The smallest absolute Gasteiger partial charge is 0.316 e.